The maximum Gasteiger partial charge on any atom is 0.200 e. The number of aliphatic hydroxyl groups is 2. The number of allylic oxidation sites excluding steroid dienone is 1. The second-order valence-corrected chi connectivity index (χ2v) is 11.7. The van der Waals surface area contributed by atoms with Crippen LogP contribution in [0.5, 0.6) is 11.5 Å². The Morgan fingerprint density at radius 1 is 1.05 bits per heavy atom. The van der Waals surface area contributed by atoms with Gasteiger partial charge in [-0.1, -0.05) is 24.3 Å². The molecule has 0 saturated heterocycles. The predicted molar refractivity (Wildman–Crippen MR) is 145 cm³/mol. The topological polar surface area (TPSA) is 121 Å². The lowest BCUT2D eigenvalue weighted by Crippen LogP contribution is -2.47. The van der Waals surface area contributed by atoms with Crippen molar-refractivity contribution < 1.29 is 29.3 Å². The zero-order valence-corrected chi connectivity index (χ0v) is 21.9. The number of nitrogens with one attached hydrogen (secondary N) is 1. The van der Waals surface area contributed by atoms with Gasteiger partial charge in [0.15, 0.2) is 0 Å². The van der Waals surface area contributed by atoms with E-state index >= 15 is 0 Å². The number of hydrogen-bond acceptors (Lipinski definition) is 8. The third-order valence-electron chi connectivity index (χ3n) is 9.06. The minimum atomic E-state index is -1.07. The molecule has 0 bridgehead atoms. The highest BCUT2D eigenvalue weighted by molar-refractivity contribution is 5.89. The Morgan fingerprint density at radius 2 is 1.82 bits per heavy atom. The summed E-state index contributed by atoms with van der Waals surface area (Å²) in [6.45, 7) is 1.82. The van der Waals surface area contributed by atoms with Crippen LogP contribution in [-0.2, 0) is 0 Å². The van der Waals surface area contributed by atoms with Crippen molar-refractivity contribution in [3.8, 4) is 11.5 Å². The van der Waals surface area contributed by atoms with E-state index in [0.29, 0.717) is 40.1 Å². The number of rotatable bonds is 4. The first-order valence-electron chi connectivity index (χ1n) is 14.0. The molecule has 39 heavy (non-hydrogen) atoms. The van der Waals surface area contributed by atoms with Gasteiger partial charge in [-0.25, -0.2) is 0 Å². The number of aliphatic hydroxyl groups excluding tert-OH is 1. The molecule has 0 radical (unpaired) electrons. The van der Waals surface area contributed by atoms with Crippen LogP contribution in [0, 0.1) is 0 Å². The Bertz CT molecular complexity index is 1520. The van der Waals surface area contributed by atoms with Crippen LogP contribution in [0.2, 0.25) is 0 Å². The van der Waals surface area contributed by atoms with E-state index in [4.69, 9.17) is 13.9 Å². The Balaban J connectivity index is 1.46. The van der Waals surface area contributed by atoms with Crippen LogP contribution in [0.15, 0.2) is 51.7 Å². The van der Waals surface area contributed by atoms with Gasteiger partial charge in [-0.2, -0.15) is 0 Å². The van der Waals surface area contributed by atoms with Crippen molar-refractivity contribution in [3.05, 3.63) is 75.2 Å². The number of ether oxygens (including phenoxy) is 2. The van der Waals surface area contributed by atoms with Crippen LogP contribution < -0.4 is 20.4 Å². The van der Waals surface area contributed by atoms with Crippen LogP contribution >= 0.6 is 0 Å². The van der Waals surface area contributed by atoms with Crippen molar-refractivity contribution in [2.45, 2.75) is 87.6 Å². The van der Waals surface area contributed by atoms with Gasteiger partial charge in [0.1, 0.15) is 40.4 Å². The molecule has 2 heterocycles. The highest BCUT2D eigenvalue weighted by Gasteiger charge is 2.50. The number of fused-ring (bicyclic) bond motifs is 5. The molecule has 0 spiro atoms. The van der Waals surface area contributed by atoms with Crippen molar-refractivity contribution in [1.82, 2.24) is 0 Å². The molecule has 1 aliphatic heterocycles. The van der Waals surface area contributed by atoms with Crippen molar-refractivity contribution in [3.63, 3.8) is 0 Å². The largest absolute Gasteiger partial charge is 0.489 e. The lowest BCUT2D eigenvalue weighted by molar-refractivity contribution is -0.0725. The molecule has 1 aromatic heterocycles. The van der Waals surface area contributed by atoms with Crippen molar-refractivity contribution in [2.75, 3.05) is 5.48 Å². The van der Waals surface area contributed by atoms with E-state index in [1.165, 1.54) is 0 Å². The Kier molecular flexibility index (Phi) is 5.77. The second-order valence-electron chi connectivity index (χ2n) is 11.7. The first-order valence-corrected chi connectivity index (χ1v) is 14.0. The van der Waals surface area contributed by atoms with Gasteiger partial charge >= 0.3 is 0 Å². The summed E-state index contributed by atoms with van der Waals surface area (Å²) in [5.74, 6) is 0.779. The Hall–Kier alpha value is -3.33. The summed E-state index contributed by atoms with van der Waals surface area (Å²) in [7, 11) is 0. The molecule has 7 rings (SSSR count). The first kappa shape index (κ1) is 24.7. The normalized spacial score (nSPS) is 29.5. The van der Waals surface area contributed by atoms with Gasteiger partial charge in [-0.05, 0) is 69.6 Å². The van der Waals surface area contributed by atoms with E-state index in [-0.39, 0.29) is 23.2 Å². The van der Waals surface area contributed by atoms with E-state index in [0.717, 1.165) is 49.7 Å². The van der Waals surface area contributed by atoms with Crippen molar-refractivity contribution in [2.24, 2.45) is 0 Å². The molecule has 204 valence electrons. The quantitative estimate of drug-likeness (QED) is 0.260. The number of benzene rings is 2. The summed E-state index contributed by atoms with van der Waals surface area (Å²) in [4.78, 5) is 14.5. The average molecular weight is 532 g/mol. The zero-order chi connectivity index (χ0) is 26.9. The van der Waals surface area contributed by atoms with Crippen molar-refractivity contribution in [1.29, 1.82) is 0 Å². The highest BCUT2D eigenvalue weighted by atomic mass is 16.5. The lowest BCUT2D eigenvalue weighted by atomic mass is 9.74. The molecule has 2 fully saturated rings. The summed E-state index contributed by atoms with van der Waals surface area (Å²) < 4.78 is 19.4. The summed E-state index contributed by atoms with van der Waals surface area (Å²) in [5, 5.41) is 31.6. The molecule has 2 saturated carbocycles. The molecule has 8 heteroatoms. The van der Waals surface area contributed by atoms with E-state index < -0.39 is 23.7 Å². The van der Waals surface area contributed by atoms with Gasteiger partial charge in [-0.15, -0.1) is 0 Å². The minimum Gasteiger partial charge on any atom is -0.489 e. The number of hydrogen-bond donors (Lipinski definition) is 4. The zero-order valence-electron chi connectivity index (χ0n) is 21.9. The smallest absolute Gasteiger partial charge is 0.200 e. The molecular formula is C31H33NO7. The van der Waals surface area contributed by atoms with Gasteiger partial charge in [0.05, 0.1) is 23.0 Å². The predicted octanol–water partition coefficient (Wildman–Crippen LogP) is 5.43. The van der Waals surface area contributed by atoms with Crippen molar-refractivity contribution >= 4 is 16.7 Å². The van der Waals surface area contributed by atoms with Crippen LogP contribution in [0.25, 0.3) is 11.0 Å². The van der Waals surface area contributed by atoms with Gasteiger partial charge < -0.3 is 24.1 Å². The average Bonchev–Trinajstić information content (AvgIpc) is 3.58. The monoisotopic (exact) mass is 531 g/mol. The van der Waals surface area contributed by atoms with Crippen LogP contribution in [0.1, 0.15) is 92.3 Å². The van der Waals surface area contributed by atoms with Crippen LogP contribution in [0.4, 0.5) is 5.69 Å². The molecule has 0 amide bonds. The van der Waals surface area contributed by atoms with Crippen LogP contribution in [0.3, 0.4) is 0 Å². The van der Waals surface area contributed by atoms with Gasteiger partial charge in [0.2, 0.25) is 5.43 Å². The second kappa shape index (κ2) is 9.11. The summed E-state index contributed by atoms with van der Waals surface area (Å²) in [6.07, 6.45) is 8.30. The van der Waals surface area contributed by atoms with E-state index in [1.54, 1.807) is 24.3 Å². The molecular weight excluding hydrogens is 498 g/mol. The molecule has 4 N–H and O–H groups in total. The van der Waals surface area contributed by atoms with E-state index in [1.807, 2.05) is 25.1 Å². The van der Waals surface area contributed by atoms with Crippen LogP contribution in [-0.4, -0.2) is 33.2 Å². The molecule has 2 aromatic carbocycles. The molecule has 5 atom stereocenters. The van der Waals surface area contributed by atoms with Gasteiger partial charge in [0.25, 0.3) is 0 Å². The maximum absolute atomic E-state index is 14.5. The lowest BCUT2D eigenvalue weighted by Gasteiger charge is -2.37. The highest BCUT2D eigenvalue weighted by Crippen LogP contribution is 2.55. The summed E-state index contributed by atoms with van der Waals surface area (Å²) in [5.41, 5.74) is 3.82. The SMILES string of the molecule is C[C@@]1(O)CCC[C@@H]2c3c(cc4oc5c(c(=O)c4c3OC3CCCC3)[C@H](c3ccc(NO)cc3)C=C[C@@H]5O)O[C@@H]21. The standard InChI is InChI=1S/C31H33NO7/c1-31(35)14-4-7-20-24-22(39-30(20)31)15-23-26(29(24)37-18-5-2-3-6-18)27(34)25-19(12-13-21(33)28(25)38-23)16-8-10-17(32-36)11-9-16/h8-13,15,18-21,30,32-33,35-36H,2-7,14H2,1H3/t19-,20+,21-,30-,31+/m0/s1. The Morgan fingerprint density at radius 3 is 2.56 bits per heavy atom. The molecule has 0 unspecified atom stereocenters. The third kappa shape index (κ3) is 3.88. The van der Waals surface area contributed by atoms with Gasteiger partial charge in [0, 0.05) is 23.5 Å². The number of anilines is 1. The maximum atomic E-state index is 14.5. The van der Waals surface area contributed by atoms with E-state index in [2.05, 4.69) is 5.48 Å². The fourth-order valence-electron chi connectivity index (χ4n) is 7.09. The molecule has 4 aliphatic rings. The summed E-state index contributed by atoms with van der Waals surface area (Å²) in [6, 6.07) is 8.86. The van der Waals surface area contributed by atoms with Gasteiger partial charge in [-0.3, -0.25) is 15.5 Å². The summed E-state index contributed by atoms with van der Waals surface area (Å²) >= 11 is 0. The molecule has 3 aliphatic carbocycles. The first-order chi connectivity index (χ1) is 18.9. The minimum absolute atomic E-state index is 0.00177. The molecule has 3 aromatic rings. The Labute approximate surface area is 225 Å². The fourth-order valence-corrected chi connectivity index (χ4v) is 7.09. The fraction of sp³-hybridized carbons (Fsp3) is 0.452. The van der Waals surface area contributed by atoms with E-state index in [9.17, 15) is 20.2 Å². The third-order valence-corrected chi connectivity index (χ3v) is 9.06. The molecule has 8 nitrogen and oxygen atoms in total.